The van der Waals surface area contributed by atoms with Crippen molar-refractivity contribution in [2.75, 3.05) is 7.11 Å². The number of hydrogen-bond acceptors (Lipinski definition) is 6. The van der Waals surface area contributed by atoms with Crippen LogP contribution in [0.1, 0.15) is 19.4 Å². The Kier molecular flexibility index (Phi) is 4.89. The molecule has 0 aromatic heterocycles. The first-order chi connectivity index (χ1) is 11.4. The molecule has 0 amide bonds. The number of carboxylic acid groups (broad SMARTS) is 1. The Morgan fingerprint density at radius 2 is 1.92 bits per heavy atom. The molecule has 2 aliphatic heterocycles. The van der Waals surface area contributed by atoms with Crippen molar-refractivity contribution in [2.45, 2.75) is 56.9 Å². The highest BCUT2D eigenvalue weighted by Crippen LogP contribution is 2.40. The number of carboxylic acids is 1. The number of methoxy groups -OCH3 is 1. The van der Waals surface area contributed by atoms with Crippen molar-refractivity contribution in [2.24, 2.45) is 0 Å². The third-order valence-corrected chi connectivity index (χ3v) is 4.10. The molecule has 2 saturated heterocycles. The molecule has 2 fully saturated rings. The van der Waals surface area contributed by atoms with Gasteiger partial charge in [-0.05, 0) is 19.4 Å². The minimum absolute atomic E-state index is 0.329. The SMILES string of the molecule is CO[C@H](C(=O)O)[C@H]1O[C@H](OCc2ccccc2)[C@H]2OC(C)(C)O[C@H]21. The van der Waals surface area contributed by atoms with Crippen molar-refractivity contribution < 1.29 is 33.6 Å². The molecule has 2 heterocycles. The van der Waals surface area contributed by atoms with Crippen LogP contribution in [0.2, 0.25) is 0 Å². The van der Waals surface area contributed by atoms with E-state index in [0.717, 1.165) is 5.56 Å². The van der Waals surface area contributed by atoms with Gasteiger partial charge in [0.1, 0.15) is 18.3 Å². The molecule has 2 aliphatic rings. The van der Waals surface area contributed by atoms with Gasteiger partial charge in [0.05, 0.1) is 6.61 Å². The summed E-state index contributed by atoms with van der Waals surface area (Å²) in [7, 11) is 1.33. The number of rotatable bonds is 6. The second kappa shape index (κ2) is 6.78. The van der Waals surface area contributed by atoms with Gasteiger partial charge in [0.2, 0.25) is 0 Å². The summed E-state index contributed by atoms with van der Waals surface area (Å²) >= 11 is 0. The van der Waals surface area contributed by atoms with Crippen LogP contribution in [0, 0.1) is 0 Å². The lowest BCUT2D eigenvalue weighted by molar-refractivity contribution is -0.247. The predicted molar refractivity (Wildman–Crippen MR) is 82.1 cm³/mol. The zero-order valence-electron chi connectivity index (χ0n) is 13.9. The number of ether oxygens (including phenoxy) is 5. The third-order valence-electron chi connectivity index (χ3n) is 4.10. The van der Waals surface area contributed by atoms with Gasteiger partial charge in [0, 0.05) is 7.11 Å². The van der Waals surface area contributed by atoms with E-state index in [9.17, 15) is 9.90 Å². The van der Waals surface area contributed by atoms with Crippen LogP contribution in [-0.4, -0.2) is 54.7 Å². The van der Waals surface area contributed by atoms with E-state index in [1.54, 1.807) is 13.8 Å². The summed E-state index contributed by atoms with van der Waals surface area (Å²) in [6.07, 6.45) is -3.76. The molecule has 5 atom stereocenters. The molecule has 3 rings (SSSR count). The number of carbonyl (C=O) groups is 1. The second-order valence-corrected chi connectivity index (χ2v) is 6.32. The Morgan fingerprint density at radius 3 is 2.54 bits per heavy atom. The highest BCUT2D eigenvalue weighted by molar-refractivity contribution is 5.73. The Morgan fingerprint density at radius 1 is 1.25 bits per heavy atom. The Hall–Kier alpha value is -1.51. The average molecular weight is 338 g/mol. The minimum Gasteiger partial charge on any atom is -0.479 e. The lowest BCUT2D eigenvalue weighted by Gasteiger charge is -2.26. The van der Waals surface area contributed by atoms with Crippen molar-refractivity contribution in [3.8, 4) is 0 Å². The molecule has 0 aliphatic carbocycles. The van der Waals surface area contributed by atoms with Crippen molar-refractivity contribution in [3.05, 3.63) is 35.9 Å². The highest BCUT2D eigenvalue weighted by atomic mass is 16.8. The first-order valence-corrected chi connectivity index (χ1v) is 7.83. The van der Waals surface area contributed by atoms with Crippen LogP contribution < -0.4 is 0 Å². The lowest BCUT2D eigenvalue weighted by atomic mass is 10.1. The maximum absolute atomic E-state index is 11.4. The highest BCUT2D eigenvalue weighted by Gasteiger charge is 2.59. The number of hydrogen-bond donors (Lipinski definition) is 1. The summed E-state index contributed by atoms with van der Waals surface area (Å²) in [6, 6.07) is 9.64. The molecule has 7 nitrogen and oxygen atoms in total. The maximum Gasteiger partial charge on any atom is 0.335 e. The van der Waals surface area contributed by atoms with E-state index in [0.29, 0.717) is 6.61 Å². The molecule has 132 valence electrons. The fraction of sp³-hybridized carbons (Fsp3) is 0.588. The minimum atomic E-state index is -1.15. The van der Waals surface area contributed by atoms with Crippen molar-refractivity contribution in [3.63, 3.8) is 0 Å². The van der Waals surface area contributed by atoms with Gasteiger partial charge in [0.15, 0.2) is 18.2 Å². The summed E-state index contributed by atoms with van der Waals surface area (Å²) in [5.41, 5.74) is 0.987. The van der Waals surface area contributed by atoms with Crippen molar-refractivity contribution in [1.82, 2.24) is 0 Å². The number of aliphatic carboxylic acids is 1. The predicted octanol–water partition coefficient (Wildman–Crippen LogP) is 1.55. The largest absolute Gasteiger partial charge is 0.479 e. The van der Waals surface area contributed by atoms with Crippen LogP contribution in [-0.2, 0) is 35.1 Å². The number of fused-ring (bicyclic) bond motifs is 1. The van der Waals surface area contributed by atoms with Gasteiger partial charge in [0.25, 0.3) is 0 Å². The molecule has 1 aromatic rings. The zero-order valence-corrected chi connectivity index (χ0v) is 13.9. The summed E-state index contributed by atoms with van der Waals surface area (Å²) in [4.78, 5) is 11.4. The second-order valence-electron chi connectivity index (χ2n) is 6.32. The van der Waals surface area contributed by atoms with Gasteiger partial charge in [-0.2, -0.15) is 0 Å². The first-order valence-electron chi connectivity index (χ1n) is 7.83. The molecule has 7 heteroatoms. The van der Waals surface area contributed by atoms with Crippen LogP contribution in [0.5, 0.6) is 0 Å². The summed E-state index contributed by atoms with van der Waals surface area (Å²) in [6.45, 7) is 3.88. The lowest BCUT2D eigenvalue weighted by Crippen LogP contribution is -2.44. The van der Waals surface area contributed by atoms with Crippen molar-refractivity contribution in [1.29, 1.82) is 0 Å². The van der Waals surface area contributed by atoms with Crippen LogP contribution >= 0.6 is 0 Å². The molecule has 0 unspecified atom stereocenters. The molecule has 0 radical (unpaired) electrons. The van der Waals surface area contributed by atoms with Gasteiger partial charge in [-0.25, -0.2) is 4.79 Å². The molecule has 24 heavy (non-hydrogen) atoms. The third kappa shape index (κ3) is 3.45. The van der Waals surface area contributed by atoms with E-state index < -0.39 is 42.5 Å². The molecule has 0 spiro atoms. The van der Waals surface area contributed by atoms with Crippen LogP contribution in [0.4, 0.5) is 0 Å². The summed E-state index contributed by atoms with van der Waals surface area (Å²) in [5.74, 6) is -1.94. The fourth-order valence-corrected chi connectivity index (χ4v) is 3.10. The molecule has 0 saturated carbocycles. The van der Waals surface area contributed by atoms with Gasteiger partial charge < -0.3 is 28.8 Å². The van der Waals surface area contributed by atoms with Crippen molar-refractivity contribution >= 4 is 5.97 Å². The van der Waals surface area contributed by atoms with Crippen LogP contribution in [0.25, 0.3) is 0 Å². The van der Waals surface area contributed by atoms with Crippen LogP contribution in [0.3, 0.4) is 0 Å². The monoisotopic (exact) mass is 338 g/mol. The Balaban J connectivity index is 1.74. The Bertz CT molecular complexity index is 574. The van der Waals surface area contributed by atoms with Gasteiger partial charge in [-0.3, -0.25) is 0 Å². The molecular weight excluding hydrogens is 316 g/mol. The van der Waals surface area contributed by atoms with Gasteiger partial charge in [-0.15, -0.1) is 0 Å². The van der Waals surface area contributed by atoms with E-state index in [1.807, 2.05) is 30.3 Å². The molecular formula is C17H22O7. The van der Waals surface area contributed by atoms with Crippen LogP contribution in [0.15, 0.2) is 30.3 Å². The molecule has 0 bridgehead atoms. The van der Waals surface area contributed by atoms with E-state index in [2.05, 4.69) is 0 Å². The molecule has 1 aromatic carbocycles. The smallest absolute Gasteiger partial charge is 0.335 e. The summed E-state index contributed by atoms with van der Waals surface area (Å²) in [5, 5.41) is 9.34. The first kappa shape index (κ1) is 17.3. The van der Waals surface area contributed by atoms with Gasteiger partial charge >= 0.3 is 5.97 Å². The number of benzene rings is 1. The quantitative estimate of drug-likeness (QED) is 0.842. The Labute approximate surface area is 140 Å². The van der Waals surface area contributed by atoms with Gasteiger partial charge in [-0.1, -0.05) is 30.3 Å². The molecule has 1 N–H and O–H groups in total. The van der Waals surface area contributed by atoms with E-state index in [1.165, 1.54) is 7.11 Å². The standard InChI is InChI=1S/C17H22O7/c1-17(2)23-12-11(13(20-3)15(18)19)22-16(14(12)24-17)21-9-10-7-5-4-6-8-10/h4-8,11-14,16H,9H2,1-3H3,(H,18,19)/t11-,12-,13-,14-,16-/m0/s1. The maximum atomic E-state index is 11.4. The average Bonchev–Trinajstić information content (AvgIpc) is 3.01. The van der Waals surface area contributed by atoms with E-state index in [-0.39, 0.29) is 0 Å². The van der Waals surface area contributed by atoms with E-state index >= 15 is 0 Å². The van der Waals surface area contributed by atoms with E-state index in [4.69, 9.17) is 23.7 Å². The zero-order chi connectivity index (χ0) is 17.3. The fourth-order valence-electron chi connectivity index (χ4n) is 3.10. The summed E-state index contributed by atoms with van der Waals surface area (Å²) < 4.78 is 28.4. The normalized spacial score (nSPS) is 32.5. The topological polar surface area (TPSA) is 83.5 Å².